The topological polar surface area (TPSA) is 9.72 Å². The Balaban J connectivity index is 1.29. The van der Waals surface area contributed by atoms with Crippen molar-refractivity contribution in [2.75, 3.05) is 46.3 Å². The fourth-order valence-corrected chi connectivity index (χ4v) is 4.90. The fourth-order valence-electron chi connectivity index (χ4n) is 4.90. The second-order valence-electron chi connectivity index (χ2n) is 7.70. The molecule has 3 nitrogen and oxygen atoms in total. The van der Waals surface area contributed by atoms with E-state index in [9.17, 15) is 0 Å². The first-order valence-corrected chi connectivity index (χ1v) is 8.39. The summed E-state index contributed by atoms with van der Waals surface area (Å²) in [6, 6.07) is 1.85. The van der Waals surface area contributed by atoms with E-state index in [1.807, 2.05) is 0 Å². The van der Waals surface area contributed by atoms with Gasteiger partial charge in [-0.15, -0.1) is 0 Å². The van der Waals surface area contributed by atoms with Crippen molar-refractivity contribution in [1.29, 1.82) is 0 Å². The molecule has 3 saturated heterocycles. The van der Waals surface area contributed by atoms with E-state index in [1.165, 1.54) is 58.5 Å². The highest BCUT2D eigenvalue weighted by Crippen LogP contribution is 2.50. The van der Waals surface area contributed by atoms with Gasteiger partial charge in [0.05, 0.1) is 0 Å². The van der Waals surface area contributed by atoms with E-state index < -0.39 is 0 Å². The van der Waals surface area contributed by atoms with E-state index in [-0.39, 0.29) is 0 Å². The maximum absolute atomic E-state index is 2.83. The quantitative estimate of drug-likeness (QED) is 0.745. The van der Waals surface area contributed by atoms with Crippen LogP contribution in [-0.2, 0) is 0 Å². The minimum atomic E-state index is 0.875. The standard InChI is InChI=1S/C16H29N3/c1-12-3-7-18(8-4-12)16-14-10-19(11-15(14)16)13-5-6-17(2)9-13/h12-16H,3-11H2,1-2H3. The molecule has 0 N–H and O–H groups in total. The van der Waals surface area contributed by atoms with Gasteiger partial charge in [0.2, 0.25) is 0 Å². The molecule has 0 aromatic carbocycles. The van der Waals surface area contributed by atoms with E-state index in [0.717, 1.165) is 29.8 Å². The molecule has 4 aliphatic rings. The van der Waals surface area contributed by atoms with Crippen molar-refractivity contribution in [3.8, 4) is 0 Å². The zero-order valence-electron chi connectivity index (χ0n) is 12.6. The lowest BCUT2D eigenvalue weighted by molar-refractivity contribution is 0.137. The first-order valence-electron chi connectivity index (χ1n) is 8.39. The summed E-state index contributed by atoms with van der Waals surface area (Å²) in [5.74, 6) is 3.03. The first-order chi connectivity index (χ1) is 9.22. The predicted octanol–water partition coefficient (Wildman–Crippen LogP) is 1.35. The van der Waals surface area contributed by atoms with Crippen molar-refractivity contribution in [3.05, 3.63) is 0 Å². The molecule has 3 unspecified atom stereocenters. The highest BCUT2D eigenvalue weighted by molar-refractivity contribution is 5.12. The van der Waals surface area contributed by atoms with Crippen LogP contribution in [0.15, 0.2) is 0 Å². The summed E-state index contributed by atoms with van der Waals surface area (Å²) >= 11 is 0. The van der Waals surface area contributed by atoms with Gasteiger partial charge in [0.15, 0.2) is 0 Å². The van der Waals surface area contributed by atoms with Gasteiger partial charge in [-0.2, -0.15) is 0 Å². The van der Waals surface area contributed by atoms with Crippen molar-refractivity contribution >= 4 is 0 Å². The number of rotatable bonds is 2. The van der Waals surface area contributed by atoms with E-state index in [4.69, 9.17) is 0 Å². The number of hydrogen-bond acceptors (Lipinski definition) is 3. The Bertz CT molecular complexity index is 325. The lowest BCUT2D eigenvalue weighted by atomic mass is 9.99. The average Bonchev–Trinajstić information content (AvgIpc) is 2.80. The monoisotopic (exact) mass is 263 g/mol. The Morgan fingerprint density at radius 1 is 0.789 bits per heavy atom. The van der Waals surface area contributed by atoms with Crippen LogP contribution in [0.2, 0.25) is 0 Å². The summed E-state index contributed by atoms with van der Waals surface area (Å²) in [4.78, 5) is 8.13. The van der Waals surface area contributed by atoms with Crippen molar-refractivity contribution in [2.24, 2.45) is 17.8 Å². The lowest BCUT2D eigenvalue weighted by Gasteiger charge is -2.34. The summed E-state index contributed by atoms with van der Waals surface area (Å²) in [5, 5.41) is 0. The molecule has 3 heterocycles. The molecule has 1 saturated carbocycles. The molecule has 4 fully saturated rings. The van der Waals surface area contributed by atoms with E-state index in [1.54, 1.807) is 0 Å². The van der Waals surface area contributed by atoms with Crippen LogP contribution in [-0.4, -0.2) is 73.1 Å². The number of likely N-dealkylation sites (tertiary alicyclic amines) is 3. The fraction of sp³-hybridized carbons (Fsp3) is 1.00. The van der Waals surface area contributed by atoms with E-state index in [2.05, 4.69) is 28.7 Å². The summed E-state index contributed by atoms with van der Waals surface area (Å²) in [5.41, 5.74) is 0. The van der Waals surface area contributed by atoms with Crippen LogP contribution in [0.5, 0.6) is 0 Å². The van der Waals surface area contributed by atoms with Crippen molar-refractivity contribution < 1.29 is 0 Å². The summed E-state index contributed by atoms with van der Waals surface area (Å²) in [7, 11) is 2.27. The molecule has 0 spiro atoms. The second kappa shape index (κ2) is 4.71. The van der Waals surface area contributed by atoms with Crippen LogP contribution in [0.25, 0.3) is 0 Å². The molecule has 19 heavy (non-hydrogen) atoms. The molecule has 0 amide bonds. The minimum Gasteiger partial charge on any atom is -0.305 e. The van der Waals surface area contributed by atoms with Gasteiger partial charge in [-0.05, 0) is 63.7 Å². The van der Waals surface area contributed by atoms with Gasteiger partial charge >= 0.3 is 0 Å². The third kappa shape index (κ3) is 2.24. The van der Waals surface area contributed by atoms with Crippen molar-refractivity contribution in [1.82, 2.24) is 14.7 Å². The van der Waals surface area contributed by atoms with E-state index in [0.29, 0.717) is 0 Å². The molecule has 108 valence electrons. The SMILES string of the molecule is CC1CCN(C2C3CN(C4CCN(C)C4)CC32)CC1. The molecule has 1 aliphatic carbocycles. The molecule has 3 atom stereocenters. The van der Waals surface area contributed by atoms with Crippen LogP contribution < -0.4 is 0 Å². The molecular weight excluding hydrogens is 234 g/mol. The maximum Gasteiger partial charge on any atom is 0.0235 e. The molecule has 0 radical (unpaired) electrons. The highest BCUT2D eigenvalue weighted by atomic mass is 15.3. The Morgan fingerprint density at radius 3 is 2.05 bits per heavy atom. The third-order valence-corrected chi connectivity index (χ3v) is 6.30. The number of likely N-dealkylation sites (N-methyl/N-ethyl adjacent to an activating group) is 1. The van der Waals surface area contributed by atoms with Gasteiger partial charge in [0, 0.05) is 31.7 Å². The highest BCUT2D eigenvalue weighted by Gasteiger charge is 2.59. The van der Waals surface area contributed by atoms with Gasteiger partial charge in [-0.3, -0.25) is 9.80 Å². The van der Waals surface area contributed by atoms with E-state index >= 15 is 0 Å². The first kappa shape index (κ1) is 12.6. The zero-order valence-corrected chi connectivity index (χ0v) is 12.6. The normalized spacial score (nSPS) is 45.8. The molecule has 0 bridgehead atoms. The Kier molecular flexibility index (Phi) is 3.13. The number of hydrogen-bond donors (Lipinski definition) is 0. The number of piperidine rings is 2. The molecule has 4 rings (SSSR count). The Morgan fingerprint density at radius 2 is 1.47 bits per heavy atom. The van der Waals surface area contributed by atoms with Crippen molar-refractivity contribution in [2.45, 2.75) is 38.3 Å². The third-order valence-electron chi connectivity index (χ3n) is 6.30. The Hall–Kier alpha value is -0.120. The zero-order chi connectivity index (χ0) is 13.0. The maximum atomic E-state index is 2.83. The molecule has 0 aromatic rings. The molecular formula is C16H29N3. The van der Waals surface area contributed by atoms with Crippen LogP contribution in [0.1, 0.15) is 26.2 Å². The molecule has 0 aromatic heterocycles. The second-order valence-corrected chi connectivity index (χ2v) is 7.70. The summed E-state index contributed by atoms with van der Waals surface area (Å²) < 4.78 is 0. The number of fused-ring (bicyclic) bond motifs is 1. The average molecular weight is 263 g/mol. The van der Waals surface area contributed by atoms with Gasteiger partial charge < -0.3 is 4.90 Å². The molecule has 3 aliphatic heterocycles. The summed E-state index contributed by atoms with van der Waals surface area (Å²) in [6.45, 7) is 10.6. The number of nitrogens with zero attached hydrogens (tertiary/aromatic N) is 3. The van der Waals surface area contributed by atoms with Gasteiger partial charge in [0.1, 0.15) is 0 Å². The minimum absolute atomic E-state index is 0.875. The predicted molar refractivity (Wildman–Crippen MR) is 78.2 cm³/mol. The smallest absolute Gasteiger partial charge is 0.0235 e. The van der Waals surface area contributed by atoms with Crippen LogP contribution >= 0.6 is 0 Å². The molecule has 3 heteroatoms. The summed E-state index contributed by atoms with van der Waals surface area (Å²) in [6.07, 6.45) is 4.28. The van der Waals surface area contributed by atoms with Crippen LogP contribution in [0.4, 0.5) is 0 Å². The van der Waals surface area contributed by atoms with Gasteiger partial charge in [0.25, 0.3) is 0 Å². The Labute approximate surface area is 117 Å². The van der Waals surface area contributed by atoms with Gasteiger partial charge in [-0.25, -0.2) is 0 Å². The van der Waals surface area contributed by atoms with Crippen LogP contribution in [0, 0.1) is 17.8 Å². The van der Waals surface area contributed by atoms with Crippen molar-refractivity contribution in [3.63, 3.8) is 0 Å². The lowest BCUT2D eigenvalue weighted by Crippen LogP contribution is -2.42. The van der Waals surface area contributed by atoms with Gasteiger partial charge in [-0.1, -0.05) is 6.92 Å². The largest absolute Gasteiger partial charge is 0.305 e. The van der Waals surface area contributed by atoms with Crippen LogP contribution in [0.3, 0.4) is 0 Å².